The van der Waals surface area contributed by atoms with E-state index in [2.05, 4.69) is 4.74 Å². The van der Waals surface area contributed by atoms with Crippen LogP contribution in [0.15, 0.2) is 53.4 Å². The van der Waals surface area contributed by atoms with Crippen molar-refractivity contribution < 1.29 is 41.0 Å². The molecule has 2 atom stereocenters. The summed E-state index contributed by atoms with van der Waals surface area (Å²) in [5, 5.41) is 8.13. The van der Waals surface area contributed by atoms with Crippen LogP contribution in [-0.2, 0) is 24.8 Å². The number of carboxylic acid groups (broad SMARTS) is 1. The molecule has 35 heavy (non-hydrogen) atoms. The number of hydrogen-bond acceptors (Lipinski definition) is 5. The molecule has 2 fully saturated rings. The van der Waals surface area contributed by atoms with Crippen LogP contribution in [0.5, 0.6) is 5.75 Å². The van der Waals surface area contributed by atoms with Gasteiger partial charge in [0, 0.05) is 12.6 Å². The summed E-state index contributed by atoms with van der Waals surface area (Å²) in [5.41, 5.74) is -0.124. The molecule has 1 aliphatic heterocycles. The lowest BCUT2D eigenvalue weighted by Crippen LogP contribution is -2.46. The summed E-state index contributed by atoms with van der Waals surface area (Å²) in [7, 11) is -4.22. The number of ether oxygens (including phenoxy) is 1. The average Bonchev–Trinajstić information content (AvgIpc) is 3.47. The Morgan fingerprint density at radius 3 is 2.34 bits per heavy atom. The summed E-state index contributed by atoms with van der Waals surface area (Å²) < 4.78 is 68.4. The summed E-state index contributed by atoms with van der Waals surface area (Å²) in [6.45, 7) is -1.91. The second kappa shape index (κ2) is 9.02. The van der Waals surface area contributed by atoms with Crippen molar-refractivity contribution in [2.75, 3.05) is 13.2 Å². The first-order chi connectivity index (χ1) is 16.3. The molecule has 0 aromatic heterocycles. The van der Waals surface area contributed by atoms with Crippen LogP contribution in [-0.4, -0.2) is 60.9 Å². The molecule has 0 spiro atoms. The molecule has 4 rings (SSSR count). The fraction of sp³-hybridized carbons (Fsp3) is 0.391. The molecule has 1 saturated heterocycles. The van der Waals surface area contributed by atoms with Gasteiger partial charge in [0.25, 0.3) is 0 Å². The molecule has 2 aromatic carbocycles. The highest BCUT2D eigenvalue weighted by Gasteiger charge is 2.57. The van der Waals surface area contributed by atoms with Crippen molar-refractivity contribution in [3.05, 3.63) is 59.1 Å². The Bertz CT molecular complexity index is 1250. The summed E-state index contributed by atoms with van der Waals surface area (Å²) in [6.07, 6.45) is -3.86. The van der Waals surface area contributed by atoms with E-state index in [-0.39, 0.29) is 28.6 Å². The molecular weight excluding hydrogens is 511 g/mol. The Balaban J connectivity index is 1.58. The summed E-state index contributed by atoms with van der Waals surface area (Å²) >= 11 is 6.07. The zero-order valence-corrected chi connectivity index (χ0v) is 19.7. The van der Waals surface area contributed by atoms with E-state index < -0.39 is 51.2 Å². The molecule has 0 radical (unpaired) electrons. The first-order valence-electron chi connectivity index (χ1n) is 10.7. The van der Waals surface area contributed by atoms with Crippen molar-refractivity contribution in [2.24, 2.45) is 0 Å². The number of carbonyl (C=O) groups is 2. The fourth-order valence-electron chi connectivity index (χ4n) is 4.41. The molecule has 1 heterocycles. The van der Waals surface area contributed by atoms with Gasteiger partial charge in [0.05, 0.1) is 20.6 Å². The highest BCUT2D eigenvalue weighted by atomic mass is 35.5. The van der Waals surface area contributed by atoms with Crippen molar-refractivity contribution >= 4 is 33.3 Å². The number of rotatable bonds is 7. The van der Waals surface area contributed by atoms with E-state index in [1.54, 1.807) is 30.3 Å². The van der Waals surface area contributed by atoms with Crippen LogP contribution in [0.4, 0.5) is 13.2 Å². The van der Waals surface area contributed by atoms with Gasteiger partial charge in [-0.15, -0.1) is 0 Å². The second-order valence-electron chi connectivity index (χ2n) is 8.66. The normalized spacial score (nSPS) is 21.5. The van der Waals surface area contributed by atoms with Crippen LogP contribution >= 0.6 is 11.6 Å². The van der Waals surface area contributed by atoms with E-state index in [1.165, 1.54) is 0 Å². The highest BCUT2D eigenvalue weighted by Crippen LogP contribution is 2.50. The number of halogens is 4. The highest BCUT2D eigenvalue weighted by molar-refractivity contribution is 7.92. The van der Waals surface area contributed by atoms with Gasteiger partial charge in [-0.2, -0.15) is 13.2 Å². The number of carboxylic acids is 1. The molecule has 1 aliphatic carbocycles. The number of alkyl halides is 3. The van der Waals surface area contributed by atoms with Crippen molar-refractivity contribution in [1.82, 2.24) is 4.90 Å². The number of sulfone groups is 1. The zero-order chi connectivity index (χ0) is 25.6. The third kappa shape index (κ3) is 4.97. The van der Waals surface area contributed by atoms with Gasteiger partial charge in [-0.25, -0.2) is 13.2 Å². The summed E-state index contributed by atoms with van der Waals surface area (Å²) in [4.78, 5) is 26.1. The molecule has 1 saturated carbocycles. The van der Waals surface area contributed by atoms with Crippen LogP contribution in [0.3, 0.4) is 0 Å². The minimum absolute atomic E-state index is 0.267. The van der Waals surface area contributed by atoms with Crippen molar-refractivity contribution in [1.29, 1.82) is 0 Å². The summed E-state index contributed by atoms with van der Waals surface area (Å²) in [6, 6.07) is 10.6. The molecule has 188 valence electrons. The molecule has 7 nitrogen and oxygen atoms in total. The molecule has 1 amide bonds. The number of aliphatic carboxylic acids is 1. The number of carbonyl (C=O) groups excluding carboxylic acids is 1. The zero-order valence-electron chi connectivity index (χ0n) is 18.2. The molecule has 0 unspecified atom stereocenters. The summed E-state index contributed by atoms with van der Waals surface area (Å²) in [5.74, 6) is -2.02. The predicted octanol–water partition coefficient (Wildman–Crippen LogP) is 3.84. The number of benzene rings is 2. The largest absolute Gasteiger partial charge is 0.484 e. The van der Waals surface area contributed by atoms with Crippen molar-refractivity contribution in [3.63, 3.8) is 0 Å². The first kappa shape index (κ1) is 25.3. The van der Waals surface area contributed by atoms with Crippen LogP contribution in [0.25, 0.3) is 0 Å². The number of hydrogen-bond donors (Lipinski definition) is 1. The predicted molar refractivity (Wildman–Crippen MR) is 119 cm³/mol. The van der Waals surface area contributed by atoms with E-state index in [9.17, 15) is 36.3 Å². The quantitative estimate of drug-likeness (QED) is 0.582. The van der Waals surface area contributed by atoms with E-state index in [4.69, 9.17) is 11.6 Å². The van der Waals surface area contributed by atoms with Gasteiger partial charge in [0.2, 0.25) is 5.91 Å². The molecule has 12 heteroatoms. The maximum atomic E-state index is 13.5. The van der Waals surface area contributed by atoms with E-state index in [0.717, 1.165) is 28.7 Å². The van der Waals surface area contributed by atoms with Crippen LogP contribution in [0.1, 0.15) is 24.8 Å². The lowest BCUT2D eigenvalue weighted by molar-refractivity contribution is -0.153. The van der Waals surface area contributed by atoms with E-state index in [0.29, 0.717) is 12.8 Å². The molecule has 2 aliphatic rings. The first-order valence-corrected chi connectivity index (χ1v) is 12.6. The number of amides is 1. The van der Waals surface area contributed by atoms with Gasteiger partial charge in [-0.05, 0) is 37.0 Å². The maximum absolute atomic E-state index is 13.5. The maximum Gasteiger partial charge on any atom is 0.422 e. The second-order valence-corrected chi connectivity index (χ2v) is 11.3. The average molecular weight is 532 g/mol. The van der Waals surface area contributed by atoms with Gasteiger partial charge >= 0.3 is 12.1 Å². The fourth-order valence-corrected chi connectivity index (χ4v) is 6.64. The van der Waals surface area contributed by atoms with Crippen LogP contribution in [0, 0.1) is 0 Å². The van der Waals surface area contributed by atoms with E-state index in [1.807, 2.05) is 0 Å². The number of likely N-dealkylation sites (tertiary alicyclic amines) is 1. The topological polar surface area (TPSA) is 101 Å². The monoisotopic (exact) mass is 531 g/mol. The van der Waals surface area contributed by atoms with Crippen LogP contribution in [0.2, 0.25) is 5.02 Å². The SMILES string of the molecule is O=C(O)[C@@H]1C[C@@H](S(=O)(=O)c2ccc(OCC(F)(F)F)cc2Cl)CN1C(=O)C1(c2ccccc2)CC1. The molecular formula is C23H21ClF3NO6S. The Labute approximate surface area is 204 Å². The minimum Gasteiger partial charge on any atom is -0.484 e. The van der Waals surface area contributed by atoms with Crippen LogP contribution < -0.4 is 4.74 Å². The standard InChI is InChI=1S/C23H21ClF3NO6S/c24-17-10-15(34-13-23(25,26)27)6-7-19(17)35(32,33)16-11-18(20(29)30)28(12-16)21(31)22(8-9-22)14-4-2-1-3-5-14/h1-7,10,16,18H,8-9,11-13H2,(H,29,30)/t16-,18+/m1/s1. The van der Waals surface area contributed by atoms with Gasteiger partial charge in [0.1, 0.15) is 11.8 Å². The van der Waals surface area contributed by atoms with Crippen molar-refractivity contribution in [2.45, 2.75) is 47.0 Å². The minimum atomic E-state index is -4.58. The van der Waals surface area contributed by atoms with Gasteiger partial charge in [-0.1, -0.05) is 41.9 Å². The Morgan fingerprint density at radius 2 is 1.80 bits per heavy atom. The van der Waals surface area contributed by atoms with Gasteiger partial charge in [0.15, 0.2) is 16.4 Å². The molecule has 0 bridgehead atoms. The third-order valence-corrected chi connectivity index (χ3v) is 8.96. The lowest BCUT2D eigenvalue weighted by Gasteiger charge is -2.27. The Kier molecular flexibility index (Phi) is 6.52. The van der Waals surface area contributed by atoms with Gasteiger partial charge in [-0.3, -0.25) is 4.79 Å². The number of nitrogens with zero attached hydrogens (tertiary/aromatic N) is 1. The lowest BCUT2D eigenvalue weighted by atomic mass is 9.94. The van der Waals surface area contributed by atoms with Gasteiger partial charge < -0.3 is 14.7 Å². The Hall–Kier alpha value is -2.79. The van der Waals surface area contributed by atoms with Crippen molar-refractivity contribution in [3.8, 4) is 5.75 Å². The molecule has 2 aromatic rings. The molecule has 1 N–H and O–H groups in total. The smallest absolute Gasteiger partial charge is 0.422 e. The third-order valence-electron chi connectivity index (χ3n) is 6.35. The van der Waals surface area contributed by atoms with E-state index >= 15 is 0 Å². The Morgan fingerprint density at radius 1 is 1.14 bits per heavy atom.